The maximum atomic E-state index is 14.0. The Morgan fingerprint density at radius 2 is 2.00 bits per heavy atom. The summed E-state index contributed by atoms with van der Waals surface area (Å²) >= 11 is 0. The fourth-order valence-electron chi connectivity index (χ4n) is 2.66. The van der Waals surface area contributed by atoms with E-state index in [9.17, 15) is 9.18 Å². The maximum absolute atomic E-state index is 14.0. The third-order valence-electron chi connectivity index (χ3n) is 3.96. The van der Waals surface area contributed by atoms with Crippen LogP contribution in [0.2, 0.25) is 0 Å². The second kappa shape index (κ2) is 9.77. The molecule has 3 N–H and O–H groups in total. The number of carbonyl (C=O) groups is 1. The highest BCUT2D eigenvalue weighted by atomic mass is 19.1. The van der Waals surface area contributed by atoms with Gasteiger partial charge in [-0.05, 0) is 44.6 Å². The molecule has 2 aromatic rings. The highest BCUT2D eigenvalue weighted by Crippen LogP contribution is 2.23. The van der Waals surface area contributed by atoms with E-state index in [-0.39, 0.29) is 23.5 Å². The number of hydrogen-bond donors (Lipinski definition) is 2. The van der Waals surface area contributed by atoms with Gasteiger partial charge in [-0.2, -0.15) is 0 Å². The van der Waals surface area contributed by atoms with Crippen LogP contribution in [0.15, 0.2) is 42.5 Å². The van der Waals surface area contributed by atoms with Gasteiger partial charge in [-0.1, -0.05) is 30.3 Å². The van der Waals surface area contributed by atoms with Gasteiger partial charge in [0.25, 0.3) is 0 Å². The Morgan fingerprint density at radius 1 is 1.27 bits per heavy atom. The second-order valence-corrected chi connectivity index (χ2v) is 6.14. The highest BCUT2D eigenvalue weighted by Gasteiger charge is 2.15. The summed E-state index contributed by atoms with van der Waals surface area (Å²) in [5.41, 5.74) is 7.48. The molecule has 6 heteroatoms. The molecule has 0 aliphatic carbocycles. The summed E-state index contributed by atoms with van der Waals surface area (Å²) in [6.45, 7) is 4.27. The van der Waals surface area contributed by atoms with Gasteiger partial charge in [-0.3, -0.25) is 0 Å². The molecule has 0 aliphatic heterocycles. The molecule has 26 heavy (non-hydrogen) atoms. The summed E-state index contributed by atoms with van der Waals surface area (Å²) in [5, 5.41) is 3.03. The van der Waals surface area contributed by atoms with Crippen LogP contribution in [0.3, 0.4) is 0 Å². The van der Waals surface area contributed by atoms with Gasteiger partial charge in [0.2, 0.25) is 0 Å². The predicted molar refractivity (Wildman–Crippen MR) is 103 cm³/mol. The van der Waals surface area contributed by atoms with Crippen LogP contribution in [-0.4, -0.2) is 37.6 Å². The number of esters is 1. The van der Waals surface area contributed by atoms with Crippen molar-refractivity contribution in [3.8, 4) is 0 Å². The monoisotopic (exact) mass is 359 g/mol. The van der Waals surface area contributed by atoms with Crippen LogP contribution in [0.4, 0.5) is 15.8 Å². The van der Waals surface area contributed by atoms with Crippen LogP contribution in [0.1, 0.15) is 29.3 Å². The highest BCUT2D eigenvalue weighted by molar-refractivity contribution is 5.96. The van der Waals surface area contributed by atoms with E-state index in [1.165, 1.54) is 11.6 Å². The fourth-order valence-corrected chi connectivity index (χ4v) is 2.66. The standard InChI is InChI=1S/C20H26FN3O2/c1-3-26-20(25)16-12-19(17(21)13-18(16)22)23-10-7-11-24(2)14-15-8-5-4-6-9-15/h4-6,8-9,12-13,23H,3,7,10-11,14,22H2,1-2H3. The third kappa shape index (κ3) is 5.74. The average molecular weight is 359 g/mol. The molecule has 0 aliphatic rings. The van der Waals surface area contributed by atoms with Crippen molar-refractivity contribution in [2.45, 2.75) is 19.9 Å². The minimum absolute atomic E-state index is 0.0779. The number of nitrogens with zero attached hydrogens (tertiary/aromatic N) is 1. The smallest absolute Gasteiger partial charge is 0.340 e. The number of hydrogen-bond acceptors (Lipinski definition) is 5. The van der Waals surface area contributed by atoms with Gasteiger partial charge < -0.3 is 20.7 Å². The first-order valence-corrected chi connectivity index (χ1v) is 8.73. The molecule has 0 fully saturated rings. The average Bonchev–Trinajstić information content (AvgIpc) is 2.61. The predicted octanol–water partition coefficient (Wildman–Crippen LogP) is 3.52. The molecule has 5 nitrogen and oxygen atoms in total. The van der Waals surface area contributed by atoms with Crippen LogP contribution < -0.4 is 11.1 Å². The minimum atomic E-state index is -0.546. The van der Waals surface area contributed by atoms with Crippen molar-refractivity contribution in [2.75, 3.05) is 37.8 Å². The molecule has 0 radical (unpaired) electrons. The van der Waals surface area contributed by atoms with Gasteiger partial charge in [0.15, 0.2) is 0 Å². The Morgan fingerprint density at radius 3 is 2.69 bits per heavy atom. The van der Waals surface area contributed by atoms with Crippen molar-refractivity contribution in [3.05, 3.63) is 59.4 Å². The van der Waals surface area contributed by atoms with Gasteiger partial charge >= 0.3 is 5.97 Å². The Labute approximate surface area is 153 Å². The van der Waals surface area contributed by atoms with Crippen LogP contribution in [-0.2, 0) is 11.3 Å². The van der Waals surface area contributed by atoms with Crippen molar-refractivity contribution in [1.29, 1.82) is 0 Å². The van der Waals surface area contributed by atoms with Crippen molar-refractivity contribution < 1.29 is 13.9 Å². The fraction of sp³-hybridized carbons (Fsp3) is 0.350. The van der Waals surface area contributed by atoms with Gasteiger partial charge in [0, 0.05) is 18.8 Å². The van der Waals surface area contributed by atoms with Crippen molar-refractivity contribution in [3.63, 3.8) is 0 Å². The molecular formula is C20H26FN3O2. The normalized spacial score (nSPS) is 10.8. The lowest BCUT2D eigenvalue weighted by Crippen LogP contribution is -2.21. The number of halogens is 1. The van der Waals surface area contributed by atoms with Crippen LogP contribution >= 0.6 is 0 Å². The molecule has 2 aromatic carbocycles. The summed E-state index contributed by atoms with van der Waals surface area (Å²) in [5.74, 6) is -1.02. The number of nitrogens with two attached hydrogens (primary N) is 1. The quantitative estimate of drug-likeness (QED) is 0.407. The molecule has 0 saturated heterocycles. The van der Waals surface area contributed by atoms with Crippen molar-refractivity contribution in [2.24, 2.45) is 0 Å². The lowest BCUT2D eigenvalue weighted by atomic mass is 10.1. The van der Waals surface area contributed by atoms with Gasteiger partial charge in [0.1, 0.15) is 5.82 Å². The maximum Gasteiger partial charge on any atom is 0.340 e. The van der Waals surface area contributed by atoms with Crippen LogP contribution in [0.5, 0.6) is 0 Å². The number of ether oxygens (including phenoxy) is 1. The van der Waals surface area contributed by atoms with E-state index < -0.39 is 11.8 Å². The van der Waals surface area contributed by atoms with E-state index in [1.807, 2.05) is 18.2 Å². The summed E-state index contributed by atoms with van der Waals surface area (Å²) in [6, 6.07) is 12.8. The molecule has 0 unspecified atom stereocenters. The lowest BCUT2D eigenvalue weighted by Gasteiger charge is -2.17. The zero-order chi connectivity index (χ0) is 18.9. The third-order valence-corrected chi connectivity index (χ3v) is 3.96. The van der Waals surface area contributed by atoms with Gasteiger partial charge in [-0.15, -0.1) is 0 Å². The first-order valence-electron chi connectivity index (χ1n) is 8.73. The minimum Gasteiger partial charge on any atom is -0.462 e. The summed E-state index contributed by atoms with van der Waals surface area (Å²) < 4.78 is 19.0. The molecule has 0 saturated carbocycles. The zero-order valence-corrected chi connectivity index (χ0v) is 15.3. The largest absolute Gasteiger partial charge is 0.462 e. The van der Waals surface area contributed by atoms with E-state index in [4.69, 9.17) is 10.5 Å². The molecule has 0 spiro atoms. The number of nitrogen functional groups attached to an aromatic ring is 1. The number of nitrogens with one attached hydrogen (secondary N) is 1. The molecule has 0 bridgehead atoms. The Balaban J connectivity index is 1.85. The molecule has 0 aromatic heterocycles. The Kier molecular flexibility index (Phi) is 7.41. The second-order valence-electron chi connectivity index (χ2n) is 6.14. The molecule has 0 heterocycles. The van der Waals surface area contributed by atoms with Crippen molar-refractivity contribution in [1.82, 2.24) is 4.90 Å². The summed E-state index contributed by atoms with van der Waals surface area (Å²) in [4.78, 5) is 14.1. The zero-order valence-electron chi connectivity index (χ0n) is 15.3. The number of benzene rings is 2. The van der Waals surface area contributed by atoms with Crippen molar-refractivity contribution >= 4 is 17.3 Å². The summed E-state index contributed by atoms with van der Waals surface area (Å²) in [6.07, 6.45) is 0.835. The van der Waals surface area contributed by atoms with E-state index in [1.54, 1.807) is 6.92 Å². The van der Waals surface area contributed by atoms with Gasteiger partial charge in [-0.25, -0.2) is 9.18 Å². The summed E-state index contributed by atoms with van der Waals surface area (Å²) in [7, 11) is 2.05. The van der Waals surface area contributed by atoms with Gasteiger partial charge in [0.05, 0.1) is 17.9 Å². The first-order chi connectivity index (χ1) is 12.5. The van der Waals surface area contributed by atoms with Crippen LogP contribution in [0.25, 0.3) is 0 Å². The molecular weight excluding hydrogens is 333 g/mol. The number of anilines is 2. The Hall–Kier alpha value is -2.60. The molecule has 0 atom stereocenters. The van der Waals surface area contributed by atoms with Crippen LogP contribution in [0, 0.1) is 5.82 Å². The molecule has 0 amide bonds. The first kappa shape index (κ1) is 19.7. The lowest BCUT2D eigenvalue weighted by molar-refractivity contribution is 0.0527. The van der Waals surface area contributed by atoms with E-state index in [0.29, 0.717) is 6.54 Å². The number of rotatable bonds is 9. The Bertz CT molecular complexity index is 722. The van der Waals surface area contributed by atoms with E-state index >= 15 is 0 Å². The molecule has 140 valence electrons. The SMILES string of the molecule is CCOC(=O)c1cc(NCCCN(C)Cc2ccccc2)c(F)cc1N. The topological polar surface area (TPSA) is 67.6 Å². The number of carbonyl (C=O) groups excluding carboxylic acids is 1. The van der Waals surface area contributed by atoms with E-state index in [2.05, 4.69) is 29.4 Å². The molecule has 2 rings (SSSR count). The van der Waals surface area contributed by atoms with E-state index in [0.717, 1.165) is 25.6 Å².